The summed E-state index contributed by atoms with van der Waals surface area (Å²) in [6.07, 6.45) is 0. The zero-order valence-electron chi connectivity index (χ0n) is 12.0. The summed E-state index contributed by atoms with van der Waals surface area (Å²) in [5, 5.41) is 14.6. The predicted octanol–water partition coefficient (Wildman–Crippen LogP) is 2.37. The summed E-state index contributed by atoms with van der Waals surface area (Å²) in [4.78, 5) is 22.6. The molecule has 0 saturated carbocycles. The number of carbonyl (C=O) groups is 2. The molecule has 0 saturated heterocycles. The van der Waals surface area contributed by atoms with Gasteiger partial charge >= 0.3 is 0 Å². The summed E-state index contributed by atoms with van der Waals surface area (Å²) in [5.74, 6) is 0.100. The van der Waals surface area contributed by atoms with Crippen LogP contribution in [0.2, 0.25) is 0 Å². The lowest BCUT2D eigenvalue weighted by Crippen LogP contribution is -2.20. The largest absolute Gasteiger partial charge is 0.508 e. The monoisotopic (exact) mass is 300 g/mol. The molecule has 2 rings (SSSR count). The van der Waals surface area contributed by atoms with Gasteiger partial charge in [-0.15, -0.1) is 0 Å². The molecule has 114 valence electrons. The van der Waals surface area contributed by atoms with Crippen LogP contribution in [-0.4, -0.2) is 23.5 Å². The molecule has 0 spiro atoms. The predicted molar refractivity (Wildman–Crippen MR) is 83.0 cm³/mol. The highest BCUT2D eigenvalue weighted by Crippen LogP contribution is 2.17. The maximum Gasteiger partial charge on any atom is 0.262 e. The van der Waals surface area contributed by atoms with Gasteiger partial charge < -0.3 is 20.5 Å². The van der Waals surface area contributed by atoms with Gasteiger partial charge in [-0.3, -0.25) is 9.59 Å². The summed E-state index contributed by atoms with van der Waals surface area (Å²) < 4.78 is 5.34. The van der Waals surface area contributed by atoms with Crippen LogP contribution in [0.1, 0.15) is 6.92 Å². The third kappa shape index (κ3) is 4.82. The van der Waals surface area contributed by atoms with Crippen LogP contribution in [0.4, 0.5) is 11.4 Å². The number of hydrogen-bond acceptors (Lipinski definition) is 4. The van der Waals surface area contributed by atoms with Crippen molar-refractivity contribution < 1.29 is 19.4 Å². The Morgan fingerprint density at radius 3 is 2.41 bits per heavy atom. The van der Waals surface area contributed by atoms with Crippen molar-refractivity contribution in [2.24, 2.45) is 0 Å². The lowest BCUT2D eigenvalue weighted by molar-refractivity contribution is -0.118. The van der Waals surface area contributed by atoms with Crippen LogP contribution in [0.3, 0.4) is 0 Å². The Hall–Kier alpha value is -3.02. The average Bonchev–Trinajstić information content (AvgIpc) is 2.46. The minimum Gasteiger partial charge on any atom is -0.508 e. The molecule has 0 fully saturated rings. The van der Waals surface area contributed by atoms with E-state index in [1.165, 1.54) is 19.1 Å². The van der Waals surface area contributed by atoms with Gasteiger partial charge in [0.2, 0.25) is 5.91 Å². The van der Waals surface area contributed by atoms with E-state index in [9.17, 15) is 14.7 Å². The maximum absolute atomic E-state index is 11.7. The molecule has 22 heavy (non-hydrogen) atoms. The van der Waals surface area contributed by atoms with Gasteiger partial charge in [0.1, 0.15) is 11.5 Å². The molecular formula is C16H16N2O4. The number of nitrogens with one attached hydrogen (secondary N) is 2. The lowest BCUT2D eigenvalue weighted by Gasteiger charge is -2.08. The van der Waals surface area contributed by atoms with Gasteiger partial charge in [0.05, 0.1) is 0 Å². The third-order valence-corrected chi connectivity index (χ3v) is 2.67. The Morgan fingerprint density at radius 2 is 1.77 bits per heavy atom. The standard InChI is InChI=1S/C16H16N2O4/c1-11(19)17-12-5-7-15(8-6-12)22-10-16(21)18-13-3-2-4-14(20)9-13/h2-9,20H,10H2,1H3,(H,17,19)(H,18,21). The van der Waals surface area contributed by atoms with Gasteiger partial charge in [0.15, 0.2) is 6.61 Å². The number of anilines is 2. The van der Waals surface area contributed by atoms with E-state index < -0.39 is 0 Å². The van der Waals surface area contributed by atoms with Crippen LogP contribution in [0.15, 0.2) is 48.5 Å². The number of phenols is 1. The van der Waals surface area contributed by atoms with Crippen LogP contribution >= 0.6 is 0 Å². The Morgan fingerprint density at radius 1 is 1.05 bits per heavy atom. The van der Waals surface area contributed by atoms with Crippen molar-refractivity contribution in [2.45, 2.75) is 6.92 Å². The highest BCUT2D eigenvalue weighted by molar-refractivity contribution is 5.92. The van der Waals surface area contributed by atoms with Gasteiger partial charge in [0, 0.05) is 24.4 Å². The molecule has 0 aliphatic heterocycles. The number of ether oxygens (including phenoxy) is 1. The fourth-order valence-corrected chi connectivity index (χ4v) is 1.77. The summed E-state index contributed by atoms with van der Waals surface area (Å²) in [6, 6.07) is 12.9. The zero-order chi connectivity index (χ0) is 15.9. The van der Waals surface area contributed by atoms with Crippen molar-refractivity contribution in [2.75, 3.05) is 17.2 Å². The molecule has 0 aliphatic rings. The van der Waals surface area contributed by atoms with Crippen LogP contribution < -0.4 is 15.4 Å². The number of amides is 2. The van der Waals surface area contributed by atoms with Gasteiger partial charge in [-0.05, 0) is 36.4 Å². The fraction of sp³-hybridized carbons (Fsp3) is 0.125. The maximum atomic E-state index is 11.7. The highest BCUT2D eigenvalue weighted by atomic mass is 16.5. The molecule has 2 amide bonds. The van der Waals surface area contributed by atoms with E-state index in [1.54, 1.807) is 36.4 Å². The van der Waals surface area contributed by atoms with Crippen LogP contribution in [0, 0.1) is 0 Å². The van der Waals surface area contributed by atoms with E-state index in [1.807, 2.05) is 0 Å². The number of benzene rings is 2. The molecule has 0 radical (unpaired) electrons. The van der Waals surface area contributed by atoms with E-state index in [0.29, 0.717) is 17.1 Å². The second-order valence-corrected chi connectivity index (χ2v) is 4.59. The smallest absolute Gasteiger partial charge is 0.262 e. The fourth-order valence-electron chi connectivity index (χ4n) is 1.77. The van der Waals surface area contributed by atoms with Crippen LogP contribution in [0.5, 0.6) is 11.5 Å². The molecule has 0 heterocycles. The van der Waals surface area contributed by atoms with Crippen molar-refractivity contribution in [3.63, 3.8) is 0 Å². The van der Waals surface area contributed by atoms with Crippen molar-refractivity contribution >= 4 is 23.2 Å². The molecule has 0 aliphatic carbocycles. The SMILES string of the molecule is CC(=O)Nc1ccc(OCC(=O)Nc2cccc(O)c2)cc1. The molecule has 6 nitrogen and oxygen atoms in total. The first-order valence-electron chi connectivity index (χ1n) is 6.62. The molecular weight excluding hydrogens is 284 g/mol. The molecule has 0 bridgehead atoms. The van der Waals surface area contributed by atoms with Crippen molar-refractivity contribution in [1.29, 1.82) is 0 Å². The number of carbonyl (C=O) groups excluding carboxylic acids is 2. The first kappa shape index (κ1) is 15.4. The third-order valence-electron chi connectivity index (χ3n) is 2.67. The second kappa shape index (κ2) is 7.12. The number of hydrogen-bond donors (Lipinski definition) is 3. The van der Waals surface area contributed by atoms with Gasteiger partial charge in [-0.25, -0.2) is 0 Å². The minimum atomic E-state index is -0.337. The average molecular weight is 300 g/mol. The summed E-state index contributed by atoms with van der Waals surface area (Å²) >= 11 is 0. The number of phenolic OH excluding ortho intramolecular Hbond substituents is 1. The van der Waals surface area contributed by atoms with E-state index in [4.69, 9.17) is 4.74 Å². The summed E-state index contributed by atoms with van der Waals surface area (Å²) in [6.45, 7) is 1.27. The Balaban J connectivity index is 1.84. The quantitative estimate of drug-likeness (QED) is 0.791. The van der Waals surface area contributed by atoms with E-state index in [-0.39, 0.29) is 24.2 Å². The van der Waals surface area contributed by atoms with E-state index in [2.05, 4.69) is 10.6 Å². The summed E-state index contributed by atoms with van der Waals surface area (Å²) in [7, 11) is 0. The molecule has 6 heteroatoms. The van der Waals surface area contributed by atoms with Crippen LogP contribution in [-0.2, 0) is 9.59 Å². The molecule has 2 aromatic rings. The first-order valence-corrected chi connectivity index (χ1v) is 6.62. The van der Waals surface area contributed by atoms with Crippen molar-refractivity contribution in [1.82, 2.24) is 0 Å². The minimum absolute atomic E-state index is 0.0762. The Kier molecular flexibility index (Phi) is 4.98. The highest BCUT2D eigenvalue weighted by Gasteiger charge is 2.04. The molecule has 0 aromatic heterocycles. The van der Waals surface area contributed by atoms with Gasteiger partial charge in [-0.1, -0.05) is 6.07 Å². The Bertz CT molecular complexity index is 668. The number of rotatable bonds is 5. The van der Waals surface area contributed by atoms with Crippen LogP contribution in [0.25, 0.3) is 0 Å². The van der Waals surface area contributed by atoms with Gasteiger partial charge in [-0.2, -0.15) is 0 Å². The topological polar surface area (TPSA) is 87.7 Å². The zero-order valence-corrected chi connectivity index (χ0v) is 12.0. The van der Waals surface area contributed by atoms with Crippen molar-refractivity contribution in [3.8, 4) is 11.5 Å². The van der Waals surface area contributed by atoms with Crippen molar-refractivity contribution in [3.05, 3.63) is 48.5 Å². The normalized spacial score (nSPS) is 9.86. The first-order chi connectivity index (χ1) is 10.5. The Labute approximate surface area is 127 Å². The van der Waals surface area contributed by atoms with E-state index >= 15 is 0 Å². The second-order valence-electron chi connectivity index (χ2n) is 4.59. The van der Waals surface area contributed by atoms with Gasteiger partial charge in [0.25, 0.3) is 5.91 Å². The molecule has 2 aromatic carbocycles. The summed E-state index contributed by atoms with van der Waals surface area (Å²) in [5.41, 5.74) is 1.15. The molecule has 0 atom stereocenters. The molecule has 0 unspecified atom stereocenters. The van der Waals surface area contributed by atoms with E-state index in [0.717, 1.165) is 0 Å². The lowest BCUT2D eigenvalue weighted by atomic mass is 10.3. The molecule has 3 N–H and O–H groups in total. The number of aromatic hydroxyl groups is 1.